The minimum absolute atomic E-state index is 0. The van der Waals surface area contributed by atoms with E-state index in [1.807, 2.05) is 53.7 Å². The minimum Gasteiger partial charge on any atom is -1.00 e. The summed E-state index contributed by atoms with van der Waals surface area (Å²) in [5.41, 5.74) is 0. The maximum Gasteiger partial charge on any atom is 0.264 e. The number of halogens is 1. The van der Waals surface area contributed by atoms with E-state index in [1.165, 1.54) is 0 Å². The number of imidazole rings is 1. The molecule has 0 radical (unpaired) electrons. The molecule has 1 heterocycles. The van der Waals surface area contributed by atoms with Gasteiger partial charge in [-0.1, -0.05) is 0 Å². The minimum atomic E-state index is 0. The molecule has 4 nitrogen and oxygen atoms in total. The predicted octanol–water partition coefficient (Wildman–Crippen LogP) is -2.81. The molecule has 0 fully saturated rings. The van der Waals surface area contributed by atoms with Crippen molar-refractivity contribution in [3.8, 4) is 0 Å². The zero-order chi connectivity index (χ0) is 10.6. The van der Waals surface area contributed by atoms with Gasteiger partial charge in [0, 0.05) is 13.1 Å². The van der Waals surface area contributed by atoms with E-state index in [-0.39, 0.29) is 18.3 Å². The molecule has 0 aromatic carbocycles. The number of carbonyl (C=O) groups is 1. The Morgan fingerprint density at radius 1 is 1.40 bits per heavy atom. The molecule has 15 heavy (non-hydrogen) atoms. The molecular formula is C10H18ClN3O. The number of nitrogens with zero attached hydrogens (tertiary/aromatic N) is 3. The van der Waals surface area contributed by atoms with Gasteiger partial charge < -0.3 is 17.3 Å². The van der Waals surface area contributed by atoms with Crippen molar-refractivity contribution in [2.45, 2.75) is 20.4 Å². The fourth-order valence-corrected chi connectivity index (χ4v) is 1.43. The maximum atomic E-state index is 11.7. The Labute approximate surface area is 96.9 Å². The lowest BCUT2D eigenvalue weighted by molar-refractivity contribution is -0.671. The first-order valence-corrected chi connectivity index (χ1v) is 4.96. The van der Waals surface area contributed by atoms with E-state index >= 15 is 0 Å². The van der Waals surface area contributed by atoms with Crippen LogP contribution < -0.4 is 17.0 Å². The van der Waals surface area contributed by atoms with Crippen molar-refractivity contribution >= 4 is 5.91 Å². The van der Waals surface area contributed by atoms with E-state index in [9.17, 15) is 4.79 Å². The van der Waals surface area contributed by atoms with Crippen LogP contribution in [0.2, 0.25) is 0 Å². The summed E-state index contributed by atoms with van der Waals surface area (Å²) in [7, 11) is 1.94. The molecule has 0 saturated carbocycles. The number of amides is 1. The number of aryl methyl sites for hydroxylation is 1. The third kappa shape index (κ3) is 3.91. The second kappa shape index (κ2) is 6.45. The van der Waals surface area contributed by atoms with E-state index in [2.05, 4.69) is 0 Å². The number of likely N-dealkylation sites (N-methyl/N-ethyl adjacent to an activating group) is 1. The van der Waals surface area contributed by atoms with Gasteiger partial charge in [0.25, 0.3) is 5.91 Å². The van der Waals surface area contributed by atoms with Crippen molar-refractivity contribution in [2.24, 2.45) is 7.05 Å². The molecule has 5 heteroatoms. The van der Waals surface area contributed by atoms with Crippen LogP contribution in [0.5, 0.6) is 0 Å². The average molecular weight is 232 g/mol. The number of aromatic nitrogens is 2. The molecule has 0 aliphatic rings. The Balaban J connectivity index is 0.00000196. The Hall–Kier alpha value is -1.03. The molecule has 0 atom stereocenters. The topological polar surface area (TPSA) is 29.1 Å². The molecule has 1 aromatic rings. The molecule has 1 amide bonds. The summed E-state index contributed by atoms with van der Waals surface area (Å²) in [4.78, 5) is 13.5. The van der Waals surface area contributed by atoms with Gasteiger partial charge in [0.15, 0.2) is 6.54 Å². The van der Waals surface area contributed by atoms with Crippen molar-refractivity contribution < 1.29 is 21.8 Å². The van der Waals surface area contributed by atoms with Crippen LogP contribution in [0.3, 0.4) is 0 Å². The molecule has 0 saturated heterocycles. The van der Waals surface area contributed by atoms with Gasteiger partial charge in [-0.25, -0.2) is 9.13 Å². The Morgan fingerprint density at radius 2 is 2.00 bits per heavy atom. The first kappa shape index (κ1) is 14.0. The summed E-state index contributed by atoms with van der Waals surface area (Å²) in [5.74, 6) is 0.172. The van der Waals surface area contributed by atoms with Crippen molar-refractivity contribution in [3.05, 3.63) is 18.7 Å². The lowest BCUT2D eigenvalue weighted by Gasteiger charge is -2.16. The largest absolute Gasteiger partial charge is 1.00 e. The van der Waals surface area contributed by atoms with Crippen LogP contribution in [0, 0.1) is 0 Å². The number of rotatable bonds is 4. The van der Waals surface area contributed by atoms with Crippen molar-refractivity contribution in [1.82, 2.24) is 9.47 Å². The van der Waals surface area contributed by atoms with Gasteiger partial charge in [0.1, 0.15) is 12.4 Å². The molecule has 1 aromatic heterocycles. The molecule has 0 aliphatic carbocycles. The van der Waals surface area contributed by atoms with Crippen LogP contribution >= 0.6 is 0 Å². The fraction of sp³-hybridized carbons (Fsp3) is 0.600. The standard InChI is InChI=1S/C10H18N3O.ClH/c1-4-13(5-2)10(14)8-12-7-6-11(3)9-12;/h6-7,9H,4-5,8H2,1-3H3;1H/q+1;/p-1. The molecule has 86 valence electrons. The Bertz CT molecular complexity index is 307. The highest BCUT2D eigenvalue weighted by atomic mass is 35.5. The first-order valence-electron chi connectivity index (χ1n) is 4.96. The van der Waals surface area contributed by atoms with E-state index in [4.69, 9.17) is 0 Å². The summed E-state index contributed by atoms with van der Waals surface area (Å²) < 4.78 is 3.82. The van der Waals surface area contributed by atoms with Crippen molar-refractivity contribution in [3.63, 3.8) is 0 Å². The average Bonchev–Trinajstić information content (AvgIpc) is 2.53. The van der Waals surface area contributed by atoms with E-state index < -0.39 is 0 Å². The quantitative estimate of drug-likeness (QED) is 0.515. The highest BCUT2D eigenvalue weighted by molar-refractivity contribution is 5.75. The van der Waals surface area contributed by atoms with Gasteiger partial charge >= 0.3 is 0 Å². The van der Waals surface area contributed by atoms with E-state index in [1.54, 1.807) is 0 Å². The third-order valence-electron chi connectivity index (χ3n) is 2.26. The highest BCUT2D eigenvalue weighted by Crippen LogP contribution is 1.93. The predicted molar refractivity (Wildman–Crippen MR) is 53.5 cm³/mol. The molecule has 1 rings (SSSR count). The van der Waals surface area contributed by atoms with Crippen LogP contribution in [0.25, 0.3) is 0 Å². The second-order valence-corrected chi connectivity index (χ2v) is 3.32. The van der Waals surface area contributed by atoms with Crippen LogP contribution in [0.1, 0.15) is 13.8 Å². The fourth-order valence-electron chi connectivity index (χ4n) is 1.43. The Kier molecular flexibility index (Phi) is 6.01. The third-order valence-corrected chi connectivity index (χ3v) is 2.26. The summed E-state index contributed by atoms with van der Waals surface area (Å²) in [6.07, 6.45) is 5.73. The van der Waals surface area contributed by atoms with Crippen LogP contribution in [0.4, 0.5) is 0 Å². The van der Waals surface area contributed by atoms with E-state index in [0.717, 1.165) is 13.1 Å². The molecular weight excluding hydrogens is 214 g/mol. The number of carbonyl (C=O) groups excluding carboxylic acids is 1. The second-order valence-electron chi connectivity index (χ2n) is 3.32. The lowest BCUT2D eigenvalue weighted by Crippen LogP contribution is -3.00. The van der Waals surface area contributed by atoms with Crippen molar-refractivity contribution in [2.75, 3.05) is 13.1 Å². The van der Waals surface area contributed by atoms with E-state index in [0.29, 0.717) is 6.54 Å². The first-order chi connectivity index (χ1) is 6.67. The summed E-state index contributed by atoms with van der Waals surface area (Å²) in [6, 6.07) is 0. The zero-order valence-electron chi connectivity index (χ0n) is 9.48. The highest BCUT2D eigenvalue weighted by Gasteiger charge is 2.12. The molecule has 0 aliphatic heterocycles. The summed E-state index contributed by atoms with van der Waals surface area (Å²) in [5, 5.41) is 0. The Morgan fingerprint density at radius 3 is 2.40 bits per heavy atom. The SMILES string of the molecule is CCN(CC)C(=O)Cn1cc[n+](C)c1.[Cl-]. The van der Waals surface area contributed by atoms with Crippen LogP contribution in [-0.2, 0) is 18.4 Å². The molecule has 0 N–H and O–H groups in total. The zero-order valence-corrected chi connectivity index (χ0v) is 10.2. The van der Waals surface area contributed by atoms with Crippen LogP contribution in [-0.4, -0.2) is 28.5 Å². The normalized spacial score (nSPS) is 9.53. The van der Waals surface area contributed by atoms with Gasteiger partial charge in [-0.15, -0.1) is 0 Å². The maximum absolute atomic E-state index is 11.7. The van der Waals surface area contributed by atoms with Gasteiger partial charge in [0.05, 0.1) is 7.05 Å². The molecule has 0 bridgehead atoms. The smallest absolute Gasteiger partial charge is 0.264 e. The van der Waals surface area contributed by atoms with Gasteiger partial charge in [-0.05, 0) is 13.8 Å². The van der Waals surface area contributed by atoms with Crippen molar-refractivity contribution in [1.29, 1.82) is 0 Å². The lowest BCUT2D eigenvalue weighted by atomic mass is 10.4. The number of hydrogen-bond donors (Lipinski definition) is 0. The molecule has 0 unspecified atom stereocenters. The monoisotopic (exact) mass is 231 g/mol. The number of hydrogen-bond acceptors (Lipinski definition) is 1. The summed E-state index contributed by atoms with van der Waals surface area (Å²) >= 11 is 0. The van der Waals surface area contributed by atoms with Crippen LogP contribution in [0.15, 0.2) is 18.7 Å². The van der Waals surface area contributed by atoms with Gasteiger partial charge in [-0.3, -0.25) is 4.79 Å². The summed E-state index contributed by atoms with van der Waals surface area (Å²) in [6.45, 7) is 5.99. The van der Waals surface area contributed by atoms with Gasteiger partial charge in [0.2, 0.25) is 6.33 Å². The molecule has 0 spiro atoms. The van der Waals surface area contributed by atoms with Gasteiger partial charge in [-0.2, -0.15) is 0 Å².